The molecule has 0 bridgehead atoms. The molecule has 0 fully saturated rings. The first kappa shape index (κ1) is 16.5. The Balaban J connectivity index is 2.84. The van der Waals surface area contributed by atoms with E-state index in [-0.39, 0.29) is 12.5 Å². The average molecular weight is 279 g/mol. The van der Waals surface area contributed by atoms with Gasteiger partial charge in [0.1, 0.15) is 0 Å². The van der Waals surface area contributed by atoms with E-state index in [1.807, 2.05) is 11.8 Å². The molecule has 112 valence electrons. The molecule has 0 radical (unpaired) electrons. The van der Waals surface area contributed by atoms with Gasteiger partial charge in [-0.15, -0.1) is 0 Å². The van der Waals surface area contributed by atoms with Crippen LogP contribution >= 0.6 is 0 Å². The van der Waals surface area contributed by atoms with E-state index in [1.54, 1.807) is 7.11 Å². The molecule has 0 spiro atoms. The zero-order chi connectivity index (χ0) is 15.0. The Hall–Kier alpha value is -1.59. The van der Waals surface area contributed by atoms with Crippen molar-refractivity contribution >= 4 is 11.6 Å². The van der Waals surface area contributed by atoms with Crippen molar-refractivity contribution in [3.63, 3.8) is 0 Å². The van der Waals surface area contributed by atoms with Gasteiger partial charge < -0.3 is 20.7 Å². The number of hydrogen-bond donors (Lipinski definition) is 2. The minimum Gasteiger partial charge on any atom is -0.383 e. The molecular formula is C15H25N3O2. The summed E-state index contributed by atoms with van der Waals surface area (Å²) in [4.78, 5) is 13.2. The molecule has 1 rings (SSSR count). The van der Waals surface area contributed by atoms with Crippen LogP contribution in [0.1, 0.15) is 18.1 Å². The van der Waals surface area contributed by atoms with E-state index in [4.69, 9.17) is 10.5 Å². The lowest BCUT2D eigenvalue weighted by Gasteiger charge is -2.25. The van der Waals surface area contributed by atoms with E-state index < -0.39 is 0 Å². The van der Waals surface area contributed by atoms with Gasteiger partial charge in [0.15, 0.2) is 0 Å². The third kappa shape index (κ3) is 5.19. The van der Waals surface area contributed by atoms with Crippen LogP contribution in [-0.4, -0.2) is 39.3 Å². The summed E-state index contributed by atoms with van der Waals surface area (Å²) in [5, 5.41) is 3.33. The number of ether oxygens (including phenoxy) is 1. The molecule has 5 heteroatoms. The van der Waals surface area contributed by atoms with E-state index in [0.29, 0.717) is 6.61 Å². The van der Waals surface area contributed by atoms with E-state index in [2.05, 4.69) is 30.4 Å². The number of carbonyl (C=O) groups excluding carboxylic acids is 1. The number of nitrogens with two attached hydrogens (primary N) is 1. The quantitative estimate of drug-likeness (QED) is 0.663. The van der Waals surface area contributed by atoms with Gasteiger partial charge in [-0.05, 0) is 25.5 Å². The topological polar surface area (TPSA) is 67.6 Å². The summed E-state index contributed by atoms with van der Waals surface area (Å²) in [7, 11) is 1.69. The van der Waals surface area contributed by atoms with Gasteiger partial charge in [-0.1, -0.05) is 17.7 Å². The van der Waals surface area contributed by atoms with Crippen molar-refractivity contribution in [1.82, 2.24) is 5.32 Å². The molecule has 1 aromatic carbocycles. The number of nitrogens with zero attached hydrogens (tertiary/aromatic N) is 1. The fourth-order valence-corrected chi connectivity index (χ4v) is 2.12. The van der Waals surface area contributed by atoms with Crippen LogP contribution in [0.25, 0.3) is 0 Å². The highest BCUT2D eigenvalue weighted by Gasteiger charge is 2.12. The van der Waals surface area contributed by atoms with Crippen molar-refractivity contribution in [1.29, 1.82) is 0 Å². The highest BCUT2D eigenvalue weighted by Crippen LogP contribution is 2.21. The second-order valence-electron chi connectivity index (χ2n) is 4.78. The molecule has 0 saturated carbocycles. The number of amides is 1. The number of primary amides is 1. The fraction of sp³-hybridized carbons (Fsp3) is 0.533. The molecule has 0 unspecified atom stereocenters. The Bertz CT molecular complexity index is 435. The van der Waals surface area contributed by atoms with Crippen molar-refractivity contribution in [2.75, 3.05) is 38.3 Å². The monoisotopic (exact) mass is 279 g/mol. The van der Waals surface area contributed by atoms with Gasteiger partial charge in [0.2, 0.25) is 5.91 Å². The number of anilines is 1. The van der Waals surface area contributed by atoms with Crippen LogP contribution < -0.4 is 16.0 Å². The van der Waals surface area contributed by atoms with Crippen molar-refractivity contribution in [3.8, 4) is 0 Å². The van der Waals surface area contributed by atoms with E-state index >= 15 is 0 Å². The molecular weight excluding hydrogens is 254 g/mol. The number of carbonyl (C=O) groups is 1. The van der Waals surface area contributed by atoms with E-state index in [1.165, 1.54) is 11.1 Å². The second kappa shape index (κ2) is 8.55. The molecule has 0 aromatic heterocycles. The summed E-state index contributed by atoms with van der Waals surface area (Å²) in [5.74, 6) is -0.314. The minimum atomic E-state index is -0.314. The van der Waals surface area contributed by atoms with Crippen molar-refractivity contribution in [2.24, 2.45) is 5.73 Å². The predicted molar refractivity (Wildman–Crippen MR) is 81.8 cm³/mol. The molecule has 1 amide bonds. The summed E-state index contributed by atoms with van der Waals surface area (Å²) in [6.07, 6.45) is 0. The summed E-state index contributed by atoms with van der Waals surface area (Å²) in [6, 6.07) is 6.24. The molecule has 0 aliphatic heterocycles. The first-order chi connectivity index (χ1) is 9.58. The lowest BCUT2D eigenvalue weighted by molar-refractivity contribution is -0.116. The predicted octanol–water partition coefficient (Wildman–Crippen LogP) is 1.04. The normalized spacial score (nSPS) is 10.6. The van der Waals surface area contributed by atoms with Crippen molar-refractivity contribution < 1.29 is 9.53 Å². The molecule has 20 heavy (non-hydrogen) atoms. The Labute approximate surface area is 121 Å². The molecule has 5 nitrogen and oxygen atoms in total. The van der Waals surface area contributed by atoms with Gasteiger partial charge in [-0.2, -0.15) is 0 Å². The summed E-state index contributed by atoms with van der Waals surface area (Å²) >= 11 is 0. The molecule has 0 heterocycles. The van der Waals surface area contributed by atoms with Crippen LogP contribution in [0.15, 0.2) is 18.2 Å². The van der Waals surface area contributed by atoms with Crippen molar-refractivity contribution in [3.05, 3.63) is 29.3 Å². The molecule has 3 N–H and O–H groups in total. The Morgan fingerprint density at radius 1 is 1.45 bits per heavy atom. The smallest absolute Gasteiger partial charge is 0.236 e. The van der Waals surface area contributed by atoms with Crippen LogP contribution in [0.2, 0.25) is 0 Å². The third-order valence-corrected chi connectivity index (χ3v) is 3.10. The third-order valence-electron chi connectivity index (χ3n) is 3.10. The Morgan fingerprint density at radius 2 is 2.20 bits per heavy atom. The fourth-order valence-electron chi connectivity index (χ4n) is 2.12. The number of benzene rings is 1. The second-order valence-corrected chi connectivity index (χ2v) is 4.78. The number of methoxy groups -OCH3 is 1. The number of likely N-dealkylation sites (N-methyl/N-ethyl adjacent to an activating group) is 1. The summed E-state index contributed by atoms with van der Waals surface area (Å²) in [5.41, 5.74) is 8.74. The van der Waals surface area contributed by atoms with E-state index in [0.717, 1.165) is 25.3 Å². The molecule has 0 saturated heterocycles. The van der Waals surface area contributed by atoms with Crippen LogP contribution in [0.5, 0.6) is 0 Å². The minimum absolute atomic E-state index is 0.241. The lowest BCUT2D eigenvalue weighted by atomic mass is 10.1. The maximum absolute atomic E-state index is 11.2. The number of hydrogen-bond acceptors (Lipinski definition) is 4. The average Bonchev–Trinajstić information content (AvgIpc) is 2.41. The van der Waals surface area contributed by atoms with Gasteiger partial charge in [0.05, 0.1) is 13.2 Å². The lowest BCUT2D eigenvalue weighted by Crippen LogP contribution is -2.34. The van der Waals surface area contributed by atoms with E-state index in [9.17, 15) is 4.79 Å². The van der Waals surface area contributed by atoms with Crippen LogP contribution in [0, 0.1) is 6.92 Å². The Kier molecular flexibility index (Phi) is 7.04. The zero-order valence-electron chi connectivity index (χ0n) is 12.6. The van der Waals surface area contributed by atoms with Gasteiger partial charge >= 0.3 is 0 Å². The standard InChI is InChI=1S/C15H25N3O2/c1-4-18(11-15(16)19)14-6-5-12(2)9-13(14)10-17-7-8-20-3/h5-6,9,17H,4,7-8,10-11H2,1-3H3,(H2,16,19). The SMILES string of the molecule is CCN(CC(N)=O)c1ccc(C)cc1CNCCOC. The van der Waals surface area contributed by atoms with Gasteiger partial charge in [0, 0.05) is 32.4 Å². The van der Waals surface area contributed by atoms with Gasteiger partial charge in [0.25, 0.3) is 0 Å². The summed E-state index contributed by atoms with van der Waals surface area (Å²) in [6.45, 7) is 7.29. The Morgan fingerprint density at radius 3 is 2.80 bits per heavy atom. The van der Waals surface area contributed by atoms with Crippen molar-refractivity contribution in [2.45, 2.75) is 20.4 Å². The first-order valence-corrected chi connectivity index (χ1v) is 6.91. The highest BCUT2D eigenvalue weighted by atomic mass is 16.5. The number of aryl methyl sites for hydroxylation is 1. The molecule has 0 atom stereocenters. The maximum Gasteiger partial charge on any atom is 0.236 e. The van der Waals surface area contributed by atoms with Crippen LogP contribution in [-0.2, 0) is 16.1 Å². The van der Waals surface area contributed by atoms with Gasteiger partial charge in [-0.3, -0.25) is 4.79 Å². The molecule has 0 aliphatic rings. The van der Waals surface area contributed by atoms with Gasteiger partial charge in [-0.25, -0.2) is 0 Å². The largest absolute Gasteiger partial charge is 0.383 e. The maximum atomic E-state index is 11.2. The highest BCUT2D eigenvalue weighted by molar-refractivity contribution is 5.80. The van der Waals surface area contributed by atoms with Crippen LogP contribution in [0.4, 0.5) is 5.69 Å². The molecule has 0 aliphatic carbocycles. The molecule has 1 aromatic rings. The van der Waals surface area contributed by atoms with Crippen LogP contribution in [0.3, 0.4) is 0 Å². The number of rotatable bonds is 9. The first-order valence-electron chi connectivity index (χ1n) is 6.91. The number of nitrogens with one attached hydrogen (secondary N) is 1. The zero-order valence-corrected chi connectivity index (χ0v) is 12.6. The summed E-state index contributed by atoms with van der Waals surface area (Å²) < 4.78 is 5.02.